The SMILES string of the molecule is COc1ccc(S(=O)(=O)Nc2ccc(OCC#N)cc2)cc1C. The van der Waals surface area contributed by atoms with Gasteiger partial charge in [0.25, 0.3) is 10.0 Å². The van der Waals surface area contributed by atoms with Gasteiger partial charge >= 0.3 is 0 Å². The second-order valence-electron chi connectivity index (χ2n) is 4.71. The molecule has 0 saturated carbocycles. The standard InChI is InChI=1S/C16H16N2O4S/c1-12-11-15(7-8-16(12)21-2)23(19,20)18-13-3-5-14(6-4-13)22-10-9-17/h3-8,11,18H,10H2,1-2H3. The fraction of sp³-hybridized carbons (Fsp3) is 0.188. The summed E-state index contributed by atoms with van der Waals surface area (Å²) in [5, 5.41) is 8.45. The van der Waals surface area contributed by atoms with E-state index < -0.39 is 10.0 Å². The van der Waals surface area contributed by atoms with Crippen molar-refractivity contribution in [2.75, 3.05) is 18.4 Å². The summed E-state index contributed by atoms with van der Waals surface area (Å²) in [6.07, 6.45) is 0. The van der Waals surface area contributed by atoms with Crippen molar-refractivity contribution < 1.29 is 17.9 Å². The highest BCUT2D eigenvalue weighted by atomic mass is 32.2. The highest BCUT2D eigenvalue weighted by Gasteiger charge is 2.15. The third kappa shape index (κ3) is 4.14. The molecule has 2 rings (SSSR count). The molecule has 2 aromatic rings. The Morgan fingerprint density at radius 3 is 2.43 bits per heavy atom. The fourth-order valence-electron chi connectivity index (χ4n) is 1.97. The van der Waals surface area contributed by atoms with Gasteiger partial charge in [-0.25, -0.2) is 8.42 Å². The molecule has 1 N–H and O–H groups in total. The number of benzene rings is 2. The molecule has 2 aromatic carbocycles. The number of anilines is 1. The Labute approximate surface area is 135 Å². The third-order valence-electron chi connectivity index (χ3n) is 3.09. The second kappa shape index (κ2) is 7.03. The van der Waals surface area contributed by atoms with E-state index in [1.807, 2.05) is 6.07 Å². The van der Waals surface area contributed by atoms with Crippen molar-refractivity contribution in [2.24, 2.45) is 0 Å². The molecule has 0 fully saturated rings. The van der Waals surface area contributed by atoms with Crippen LogP contribution in [0.4, 0.5) is 5.69 Å². The summed E-state index contributed by atoms with van der Waals surface area (Å²) in [6.45, 7) is 1.72. The van der Waals surface area contributed by atoms with Gasteiger partial charge in [0.1, 0.15) is 17.6 Å². The molecular formula is C16H16N2O4S. The first-order chi connectivity index (χ1) is 11.0. The van der Waals surface area contributed by atoms with Crippen LogP contribution in [-0.4, -0.2) is 22.1 Å². The van der Waals surface area contributed by atoms with Crippen LogP contribution in [0.3, 0.4) is 0 Å². The molecule has 0 atom stereocenters. The Morgan fingerprint density at radius 1 is 1.17 bits per heavy atom. The minimum absolute atomic E-state index is 0.0593. The predicted molar refractivity (Wildman–Crippen MR) is 86.1 cm³/mol. The first-order valence-electron chi connectivity index (χ1n) is 6.73. The Kier molecular flexibility index (Phi) is 5.09. The highest BCUT2D eigenvalue weighted by Crippen LogP contribution is 2.24. The van der Waals surface area contributed by atoms with Crippen LogP contribution in [-0.2, 0) is 10.0 Å². The zero-order valence-electron chi connectivity index (χ0n) is 12.7. The van der Waals surface area contributed by atoms with Crippen molar-refractivity contribution in [3.8, 4) is 17.6 Å². The Balaban J connectivity index is 2.18. The normalized spacial score (nSPS) is 10.7. The molecule has 0 aliphatic heterocycles. The first kappa shape index (κ1) is 16.6. The highest BCUT2D eigenvalue weighted by molar-refractivity contribution is 7.92. The number of nitrogens with zero attached hydrogens (tertiary/aromatic N) is 1. The molecule has 0 aromatic heterocycles. The molecule has 0 amide bonds. The molecule has 0 saturated heterocycles. The number of ether oxygens (including phenoxy) is 2. The van der Waals surface area contributed by atoms with Gasteiger partial charge in [0.15, 0.2) is 6.61 Å². The maximum atomic E-state index is 12.4. The summed E-state index contributed by atoms with van der Waals surface area (Å²) in [4.78, 5) is 0.153. The molecule has 120 valence electrons. The molecule has 0 aliphatic rings. The zero-order chi connectivity index (χ0) is 16.9. The van der Waals surface area contributed by atoms with Crippen molar-refractivity contribution >= 4 is 15.7 Å². The maximum absolute atomic E-state index is 12.4. The Bertz CT molecular complexity index is 824. The lowest BCUT2D eigenvalue weighted by Crippen LogP contribution is -2.13. The Hall–Kier alpha value is -2.72. The average Bonchev–Trinajstić information content (AvgIpc) is 2.54. The summed E-state index contributed by atoms with van der Waals surface area (Å²) >= 11 is 0. The van der Waals surface area contributed by atoms with E-state index in [-0.39, 0.29) is 11.5 Å². The Morgan fingerprint density at radius 2 is 1.87 bits per heavy atom. The molecule has 23 heavy (non-hydrogen) atoms. The summed E-state index contributed by atoms with van der Waals surface area (Å²) < 4.78 is 37.5. The first-order valence-corrected chi connectivity index (χ1v) is 8.22. The van der Waals surface area contributed by atoms with E-state index in [0.717, 1.165) is 5.56 Å². The monoisotopic (exact) mass is 332 g/mol. The molecule has 6 nitrogen and oxygen atoms in total. The smallest absolute Gasteiger partial charge is 0.261 e. The number of nitriles is 1. The average molecular weight is 332 g/mol. The van der Waals surface area contributed by atoms with Crippen LogP contribution in [0.5, 0.6) is 11.5 Å². The van der Waals surface area contributed by atoms with Crippen LogP contribution in [0.15, 0.2) is 47.4 Å². The largest absolute Gasteiger partial charge is 0.496 e. The lowest BCUT2D eigenvalue weighted by molar-refractivity contribution is 0.368. The van der Waals surface area contributed by atoms with E-state index >= 15 is 0 Å². The van der Waals surface area contributed by atoms with Crippen LogP contribution >= 0.6 is 0 Å². The summed E-state index contributed by atoms with van der Waals surface area (Å²) in [7, 11) is -2.16. The van der Waals surface area contributed by atoms with Crippen molar-refractivity contribution in [1.29, 1.82) is 5.26 Å². The maximum Gasteiger partial charge on any atom is 0.261 e. The van der Waals surface area contributed by atoms with E-state index in [1.54, 1.807) is 43.3 Å². The summed E-state index contributed by atoms with van der Waals surface area (Å²) in [5.74, 6) is 1.12. The van der Waals surface area contributed by atoms with Crippen molar-refractivity contribution in [3.63, 3.8) is 0 Å². The topological polar surface area (TPSA) is 88.4 Å². The van der Waals surface area contributed by atoms with E-state index in [2.05, 4.69) is 4.72 Å². The molecule has 0 heterocycles. The van der Waals surface area contributed by atoms with Gasteiger partial charge in [-0.05, 0) is 55.0 Å². The molecule has 0 bridgehead atoms. The lowest BCUT2D eigenvalue weighted by atomic mass is 10.2. The van der Waals surface area contributed by atoms with Crippen molar-refractivity contribution in [2.45, 2.75) is 11.8 Å². The number of hydrogen-bond donors (Lipinski definition) is 1. The predicted octanol–water partition coefficient (Wildman–Crippen LogP) is 2.71. The number of aryl methyl sites for hydroxylation is 1. The van der Waals surface area contributed by atoms with Gasteiger partial charge in [0.05, 0.1) is 12.0 Å². The zero-order valence-corrected chi connectivity index (χ0v) is 13.6. The van der Waals surface area contributed by atoms with Crippen molar-refractivity contribution in [3.05, 3.63) is 48.0 Å². The van der Waals surface area contributed by atoms with Gasteiger partial charge in [-0.3, -0.25) is 4.72 Å². The number of methoxy groups -OCH3 is 1. The van der Waals surface area contributed by atoms with Crippen LogP contribution in [0, 0.1) is 18.3 Å². The summed E-state index contributed by atoms with van der Waals surface area (Å²) in [5.41, 5.74) is 1.14. The summed E-state index contributed by atoms with van der Waals surface area (Å²) in [6, 6.07) is 12.8. The number of sulfonamides is 1. The van der Waals surface area contributed by atoms with Gasteiger partial charge in [-0.15, -0.1) is 0 Å². The minimum Gasteiger partial charge on any atom is -0.496 e. The van der Waals surface area contributed by atoms with Crippen LogP contribution in [0.1, 0.15) is 5.56 Å². The molecule has 0 unspecified atom stereocenters. The van der Waals surface area contributed by atoms with Gasteiger partial charge in [-0.1, -0.05) is 0 Å². The fourth-order valence-corrected chi connectivity index (χ4v) is 3.11. The number of hydrogen-bond acceptors (Lipinski definition) is 5. The van der Waals surface area contributed by atoms with Crippen LogP contribution in [0.25, 0.3) is 0 Å². The molecule has 0 spiro atoms. The van der Waals surface area contributed by atoms with E-state index in [9.17, 15) is 8.42 Å². The quantitative estimate of drug-likeness (QED) is 0.878. The van der Waals surface area contributed by atoms with E-state index in [0.29, 0.717) is 17.2 Å². The van der Waals surface area contributed by atoms with Crippen molar-refractivity contribution in [1.82, 2.24) is 0 Å². The van der Waals surface area contributed by atoms with Gasteiger partial charge in [0.2, 0.25) is 0 Å². The molecule has 0 aliphatic carbocycles. The number of nitrogens with one attached hydrogen (secondary N) is 1. The van der Waals surface area contributed by atoms with Crippen LogP contribution in [0.2, 0.25) is 0 Å². The van der Waals surface area contributed by atoms with Gasteiger partial charge in [0, 0.05) is 5.69 Å². The molecular weight excluding hydrogens is 316 g/mol. The van der Waals surface area contributed by atoms with E-state index in [1.165, 1.54) is 13.2 Å². The molecule has 7 heteroatoms. The van der Waals surface area contributed by atoms with Gasteiger partial charge in [-0.2, -0.15) is 5.26 Å². The number of rotatable bonds is 6. The van der Waals surface area contributed by atoms with E-state index in [4.69, 9.17) is 14.7 Å². The molecule has 0 radical (unpaired) electrons. The van der Waals surface area contributed by atoms with Crippen LogP contribution < -0.4 is 14.2 Å². The third-order valence-corrected chi connectivity index (χ3v) is 4.47. The lowest BCUT2D eigenvalue weighted by Gasteiger charge is -2.11. The second-order valence-corrected chi connectivity index (χ2v) is 6.39. The minimum atomic E-state index is -3.69. The van der Waals surface area contributed by atoms with Gasteiger partial charge < -0.3 is 9.47 Å².